The minimum Gasteiger partial charge on any atom is -0.489 e. The molecule has 0 spiro atoms. The number of aromatic carboxylic acids is 1. The molecule has 1 aliphatic rings. The molecule has 0 aliphatic carbocycles. The number of carboxylic acids is 1. The van der Waals surface area contributed by atoms with Crippen molar-refractivity contribution in [3.05, 3.63) is 15.8 Å². The number of hydrogen-bond acceptors (Lipinski definition) is 4. The standard InChI is InChI=1S/C11H14O4S/c1-7-5-9(10(16-7)11(12)13)15-6-8-3-2-4-14-8/h5,8H,2-4,6H2,1H3,(H,12,13). The Morgan fingerprint density at radius 2 is 2.56 bits per heavy atom. The Bertz CT molecular complexity index is 379. The Morgan fingerprint density at radius 3 is 3.19 bits per heavy atom. The van der Waals surface area contributed by atoms with Crippen LogP contribution in [0.3, 0.4) is 0 Å². The third kappa shape index (κ3) is 2.54. The molecule has 2 heterocycles. The zero-order valence-corrected chi connectivity index (χ0v) is 9.88. The van der Waals surface area contributed by atoms with Crippen molar-refractivity contribution in [2.75, 3.05) is 13.2 Å². The van der Waals surface area contributed by atoms with Crippen molar-refractivity contribution in [1.82, 2.24) is 0 Å². The van der Waals surface area contributed by atoms with Crippen LogP contribution >= 0.6 is 11.3 Å². The monoisotopic (exact) mass is 242 g/mol. The van der Waals surface area contributed by atoms with E-state index in [2.05, 4.69) is 0 Å². The molecule has 0 aromatic carbocycles. The molecular formula is C11H14O4S. The Balaban J connectivity index is 1.99. The second-order valence-corrected chi connectivity index (χ2v) is 5.06. The first-order chi connectivity index (χ1) is 7.66. The predicted molar refractivity (Wildman–Crippen MR) is 60.5 cm³/mol. The van der Waals surface area contributed by atoms with Gasteiger partial charge in [-0.1, -0.05) is 0 Å². The van der Waals surface area contributed by atoms with Crippen LogP contribution in [0.4, 0.5) is 0 Å². The highest BCUT2D eigenvalue weighted by Crippen LogP contribution is 2.29. The van der Waals surface area contributed by atoms with Crippen LogP contribution in [0.25, 0.3) is 0 Å². The lowest BCUT2D eigenvalue weighted by molar-refractivity contribution is 0.0636. The van der Waals surface area contributed by atoms with Crippen molar-refractivity contribution in [3.63, 3.8) is 0 Å². The molecule has 4 nitrogen and oxygen atoms in total. The number of aryl methyl sites for hydroxylation is 1. The average molecular weight is 242 g/mol. The number of ether oxygens (including phenoxy) is 2. The van der Waals surface area contributed by atoms with E-state index in [1.807, 2.05) is 6.92 Å². The topological polar surface area (TPSA) is 55.8 Å². The molecule has 5 heteroatoms. The summed E-state index contributed by atoms with van der Waals surface area (Å²) in [6, 6.07) is 1.77. The van der Waals surface area contributed by atoms with E-state index in [1.54, 1.807) is 6.07 Å². The number of hydrogen-bond donors (Lipinski definition) is 1. The van der Waals surface area contributed by atoms with Gasteiger partial charge in [-0.2, -0.15) is 0 Å². The van der Waals surface area contributed by atoms with Gasteiger partial charge in [-0.25, -0.2) is 4.79 Å². The highest BCUT2D eigenvalue weighted by Gasteiger charge is 2.19. The quantitative estimate of drug-likeness (QED) is 0.880. The third-order valence-electron chi connectivity index (χ3n) is 2.46. The largest absolute Gasteiger partial charge is 0.489 e. The van der Waals surface area contributed by atoms with Gasteiger partial charge in [0.1, 0.15) is 12.4 Å². The normalized spacial score (nSPS) is 19.9. The fourth-order valence-corrected chi connectivity index (χ4v) is 2.50. The van der Waals surface area contributed by atoms with Crippen LogP contribution in [0.5, 0.6) is 5.75 Å². The van der Waals surface area contributed by atoms with E-state index in [0.717, 1.165) is 24.3 Å². The van der Waals surface area contributed by atoms with Crippen molar-refractivity contribution in [2.24, 2.45) is 0 Å². The molecular weight excluding hydrogens is 228 g/mol. The first-order valence-corrected chi connectivity index (χ1v) is 6.06. The van der Waals surface area contributed by atoms with Crippen molar-refractivity contribution < 1.29 is 19.4 Å². The highest BCUT2D eigenvalue weighted by molar-refractivity contribution is 7.14. The second-order valence-electron chi connectivity index (χ2n) is 3.80. The number of thiophene rings is 1. The Kier molecular flexibility index (Phi) is 3.46. The average Bonchev–Trinajstić information content (AvgIpc) is 2.83. The van der Waals surface area contributed by atoms with Gasteiger partial charge in [0.2, 0.25) is 0 Å². The van der Waals surface area contributed by atoms with Crippen molar-refractivity contribution in [1.29, 1.82) is 0 Å². The summed E-state index contributed by atoms with van der Waals surface area (Å²) in [4.78, 5) is 12.1. The van der Waals surface area contributed by atoms with Crippen molar-refractivity contribution in [3.8, 4) is 5.75 Å². The number of carbonyl (C=O) groups is 1. The molecule has 1 aliphatic heterocycles. The molecule has 0 bridgehead atoms. The van der Waals surface area contributed by atoms with Gasteiger partial charge in [0.05, 0.1) is 6.10 Å². The lowest BCUT2D eigenvalue weighted by Gasteiger charge is -2.10. The molecule has 1 aromatic heterocycles. The summed E-state index contributed by atoms with van der Waals surface area (Å²) >= 11 is 1.24. The summed E-state index contributed by atoms with van der Waals surface area (Å²) in [5, 5.41) is 8.97. The molecule has 0 radical (unpaired) electrons. The van der Waals surface area contributed by atoms with E-state index in [-0.39, 0.29) is 11.0 Å². The number of carboxylic acid groups (broad SMARTS) is 1. The Hall–Kier alpha value is -1.07. The highest BCUT2D eigenvalue weighted by atomic mass is 32.1. The van der Waals surface area contributed by atoms with Crippen LogP contribution < -0.4 is 4.74 Å². The van der Waals surface area contributed by atoms with Crippen LogP contribution in [0.1, 0.15) is 27.4 Å². The smallest absolute Gasteiger partial charge is 0.349 e. The minimum atomic E-state index is -0.930. The first kappa shape index (κ1) is 11.4. The maximum Gasteiger partial charge on any atom is 0.349 e. The van der Waals surface area contributed by atoms with E-state index < -0.39 is 5.97 Å². The fraction of sp³-hybridized carbons (Fsp3) is 0.545. The zero-order valence-electron chi connectivity index (χ0n) is 9.06. The van der Waals surface area contributed by atoms with Crippen LogP contribution in [0, 0.1) is 6.92 Å². The van der Waals surface area contributed by atoms with E-state index in [1.165, 1.54) is 11.3 Å². The summed E-state index contributed by atoms with van der Waals surface area (Å²) in [6.45, 7) is 3.09. The SMILES string of the molecule is Cc1cc(OCC2CCCO2)c(C(=O)O)s1. The van der Waals surface area contributed by atoms with Gasteiger partial charge in [-0.3, -0.25) is 0 Å². The van der Waals surface area contributed by atoms with Gasteiger partial charge in [0.15, 0.2) is 4.88 Å². The van der Waals surface area contributed by atoms with E-state index in [4.69, 9.17) is 14.6 Å². The van der Waals surface area contributed by atoms with Gasteiger partial charge in [-0.15, -0.1) is 11.3 Å². The van der Waals surface area contributed by atoms with Crippen molar-refractivity contribution in [2.45, 2.75) is 25.9 Å². The molecule has 1 unspecified atom stereocenters. The van der Waals surface area contributed by atoms with Crippen LogP contribution in [-0.4, -0.2) is 30.4 Å². The van der Waals surface area contributed by atoms with Crippen LogP contribution in [0.15, 0.2) is 6.07 Å². The number of rotatable bonds is 4. The van der Waals surface area contributed by atoms with Gasteiger partial charge in [-0.05, 0) is 25.8 Å². The summed E-state index contributed by atoms with van der Waals surface area (Å²) in [7, 11) is 0. The van der Waals surface area contributed by atoms with Crippen LogP contribution in [0.2, 0.25) is 0 Å². The third-order valence-corrected chi connectivity index (χ3v) is 3.48. The predicted octanol–water partition coefficient (Wildman–Crippen LogP) is 2.31. The van der Waals surface area contributed by atoms with Gasteiger partial charge in [0.25, 0.3) is 0 Å². The molecule has 0 amide bonds. The first-order valence-electron chi connectivity index (χ1n) is 5.25. The maximum absolute atomic E-state index is 10.9. The lowest BCUT2D eigenvalue weighted by atomic mass is 10.2. The van der Waals surface area contributed by atoms with Crippen LogP contribution in [-0.2, 0) is 4.74 Å². The summed E-state index contributed by atoms with van der Waals surface area (Å²) in [5.74, 6) is -0.467. The summed E-state index contributed by atoms with van der Waals surface area (Å²) in [6.07, 6.45) is 2.16. The molecule has 1 saturated heterocycles. The molecule has 1 atom stereocenters. The van der Waals surface area contributed by atoms with Gasteiger partial charge >= 0.3 is 5.97 Å². The molecule has 2 rings (SSSR count). The molecule has 0 saturated carbocycles. The molecule has 1 fully saturated rings. The second kappa shape index (κ2) is 4.84. The fourth-order valence-electron chi connectivity index (χ4n) is 1.71. The van der Waals surface area contributed by atoms with Gasteiger partial charge < -0.3 is 14.6 Å². The van der Waals surface area contributed by atoms with Gasteiger partial charge in [0, 0.05) is 11.5 Å². The summed E-state index contributed by atoms with van der Waals surface area (Å²) < 4.78 is 10.9. The summed E-state index contributed by atoms with van der Waals surface area (Å²) in [5.41, 5.74) is 0. The molecule has 1 aromatic rings. The van der Waals surface area contributed by atoms with Crippen molar-refractivity contribution >= 4 is 17.3 Å². The molecule has 88 valence electrons. The Morgan fingerprint density at radius 1 is 1.75 bits per heavy atom. The molecule has 16 heavy (non-hydrogen) atoms. The van der Waals surface area contributed by atoms with E-state index in [9.17, 15) is 4.79 Å². The minimum absolute atomic E-state index is 0.113. The van der Waals surface area contributed by atoms with E-state index >= 15 is 0 Å². The maximum atomic E-state index is 10.9. The molecule has 1 N–H and O–H groups in total. The van der Waals surface area contributed by atoms with E-state index in [0.29, 0.717) is 12.4 Å². The zero-order chi connectivity index (χ0) is 11.5. The lowest BCUT2D eigenvalue weighted by Crippen LogP contribution is -2.16. The Labute approximate surface area is 97.8 Å².